The molecule has 0 saturated carbocycles. The van der Waals surface area contributed by atoms with E-state index >= 15 is 0 Å². The Hall–Kier alpha value is -2.21. The summed E-state index contributed by atoms with van der Waals surface area (Å²) in [4.78, 5) is 14.6. The summed E-state index contributed by atoms with van der Waals surface area (Å²) in [7, 11) is 0. The molecule has 2 aromatic rings. The molecule has 0 bridgehead atoms. The van der Waals surface area contributed by atoms with E-state index in [2.05, 4.69) is 10.3 Å². The van der Waals surface area contributed by atoms with Gasteiger partial charge in [0.1, 0.15) is 0 Å². The molecular weight excluding hydrogens is 268 g/mol. The molecule has 6 nitrogen and oxygen atoms in total. The average Bonchev–Trinajstić information content (AvgIpc) is 2.96. The quantitative estimate of drug-likeness (QED) is 0.483. The number of hydrogen-bond acceptors (Lipinski definition) is 4. The topological polar surface area (TPSA) is 73.0 Å². The van der Waals surface area contributed by atoms with Crippen LogP contribution in [-0.4, -0.2) is 21.0 Å². The van der Waals surface area contributed by atoms with E-state index in [0.717, 1.165) is 30.6 Å². The maximum absolute atomic E-state index is 11.0. The molecule has 1 aromatic heterocycles. The number of hydrogen-bond donors (Lipinski definition) is 1. The van der Waals surface area contributed by atoms with E-state index in [1.54, 1.807) is 31.6 Å². The number of nitro groups is 1. The Morgan fingerprint density at radius 1 is 1.48 bits per heavy atom. The van der Waals surface area contributed by atoms with E-state index in [0.29, 0.717) is 0 Å². The number of nitrogens with one attached hydrogen (secondary N) is 1. The number of nitro benzene ring substituents is 1. The molecular formula is C15H20N4O2. The van der Waals surface area contributed by atoms with Gasteiger partial charge in [0, 0.05) is 36.6 Å². The first-order valence-electron chi connectivity index (χ1n) is 7.02. The van der Waals surface area contributed by atoms with Crippen LogP contribution in [0.1, 0.15) is 30.5 Å². The zero-order valence-corrected chi connectivity index (χ0v) is 12.3. The van der Waals surface area contributed by atoms with Crippen molar-refractivity contribution in [2.45, 2.75) is 32.9 Å². The largest absolute Gasteiger partial charge is 0.337 e. The van der Waals surface area contributed by atoms with Crippen molar-refractivity contribution in [3.05, 3.63) is 58.2 Å². The molecule has 0 fully saturated rings. The average molecular weight is 288 g/mol. The molecule has 0 radical (unpaired) electrons. The molecule has 0 saturated heterocycles. The Kier molecular flexibility index (Phi) is 5.05. The van der Waals surface area contributed by atoms with Gasteiger partial charge in [-0.15, -0.1) is 0 Å². The van der Waals surface area contributed by atoms with Crippen molar-refractivity contribution >= 4 is 5.69 Å². The smallest absolute Gasteiger partial charge is 0.272 e. The van der Waals surface area contributed by atoms with E-state index in [1.165, 1.54) is 0 Å². The van der Waals surface area contributed by atoms with Crippen molar-refractivity contribution in [3.8, 4) is 0 Å². The highest BCUT2D eigenvalue weighted by molar-refractivity contribution is 5.45. The standard InChI is InChI=1S/C15H20N4O2/c1-12-14(5-3-6-15(12)19(20)21)13(2)17-7-4-9-18-10-8-16-11-18/h3,5-6,8,10-11,13,17H,4,7,9H2,1-2H3. The molecule has 1 unspecified atom stereocenters. The number of aromatic nitrogens is 2. The van der Waals surface area contributed by atoms with Crippen LogP contribution in [0.2, 0.25) is 0 Å². The highest BCUT2D eigenvalue weighted by Gasteiger charge is 2.16. The van der Waals surface area contributed by atoms with Crippen molar-refractivity contribution in [1.29, 1.82) is 0 Å². The van der Waals surface area contributed by atoms with Crippen LogP contribution in [0, 0.1) is 17.0 Å². The summed E-state index contributed by atoms with van der Waals surface area (Å²) in [6, 6.07) is 5.32. The third-order valence-corrected chi connectivity index (χ3v) is 3.61. The fraction of sp³-hybridized carbons (Fsp3) is 0.400. The van der Waals surface area contributed by atoms with Crippen LogP contribution in [0.4, 0.5) is 5.69 Å². The number of nitrogens with zero attached hydrogens (tertiary/aromatic N) is 3. The fourth-order valence-corrected chi connectivity index (χ4v) is 2.42. The Bertz CT molecular complexity index is 596. The summed E-state index contributed by atoms with van der Waals surface area (Å²) in [6.45, 7) is 5.59. The predicted molar refractivity (Wildman–Crippen MR) is 81.1 cm³/mol. The van der Waals surface area contributed by atoms with Crippen molar-refractivity contribution in [2.24, 2.45) is 0 Å². The Balaban J connectivity index is 1.89. The lowest BCUT2D eigenvalue weighted by Gasteiger charge is -2.16. The minimum absolute atomic E-state index is 0.0905. The van der Waals surface area contributed by atoms with Crippen LogP contribution >= 0.6 is 0 Å². The third-order valence-electron chi connectivity index (χ3n) is 3.61. The van der Waals surface area contributed by atoms with E-state index in [1.807, 2.05) is 23.8 Å². The van der Waals surface area contributed by atoms with Gasteiger partial charge in [-0.1, -0.05) is 12.1 Å². The number of imidazole rings is 1. The molecule has 0 aliphatic carbocycles. The van der Waals surface area contributed by atoms with Crippen molar-refractivity contribution in [3.63, 3.8) is 0 Å². The lowest BCUT2D eigenvalue weighted by molar-refractivity contribution is -0.385. The predicted octanol–water partition coefficient (Wildman–Crippen LogP) is 2.84. The van der Waals surface area contributed by atoms with Gasteiger partial charge in [0.25, 0.3) is 5.69 Å². The Morgan fingerprint density at radius 2 is 2.29 bits per heavy atom. The molecule has 1 aromatic carbocycles. The molecule has 21 heavy (non-hydrogen) atoms. The van der Waals surface area contributed by atoms with Crippen LogP contribution in [0.5, 0.6) is 0 Å². The van der Waals surface area contributed by atoms with Crippen LogP contribution in [0.25, 0.3) is 0 Å². The van der Waals surface area contributed by atoms with Crippen LogP contribution < -0.4 is 5.32 Å². The fourth-order valence-electron chi connectivity index (χ4n) is 2.42. The molecule has 1 heterocycles. The second-order valence-electron chi connectivity index (χ2n) is 5.08. The molecule has 1 N–H and O–H groups in total. The van der Waals surface area contributed by atoms with Crippen molar-refractivity contribution in [1.82, 2.24) is 14.9 Å². The summed E-state index contributed by atoms with van der Waals surface area (Å²) in [5, 5.41) is 14.4. The second kappa shape index (κ2) is 6.99. The highest BCUT2D eigenvalue weighted by Crippen LogP contribution is 2.25. The minimum atomic E-state index is -0.329. The van der Waals surface area contributed by atoms with E-state index in [9.17, 15) is 10.1 Å². The molecule has 6 heteroatoms. The molecule has 0 aliphatic heterocycles. The first-order chi connectivity index (χ1) is 10.1. The molecule has 0 aliphatic rings. The van der Waals surface area contributed by atoms with Gasteiger partial charge in [-0.2, -0.15) is 0 Å². The van der Waals surface area contributed by atoms with Crippen molar-refractivity contribution in [2.75, 3.05) is 6.54 Å². The summed E-state index contributed by atoms with van der Waals surface area (Å²) < 4.78 is 2.03. The zero-order chi connectivity index (χ0) is 15.2. The van der Waals surface area contributed by atoms with Gasteiger partial charge >= 0.3 is 0 Å². The molecule has 1 atom stereocenters. The first kappa shape index (κ1) is 15.2. The number of aryl methyl sites for hydroxylation is 1. The summed E-state index contributed by atoms with van der Waals surface area (Å²) in [5.74, 6) is 0. The molecule has 112 valence electrons. The van der Waals surface area contributed by atoms with Gasteiger partial charge in [0.05, 0.1) is 11.3 Å². The molecule has 2 rings (SSSR count). The van der Waals surface area contributed by atoms with Gasteiger partial charge in [-0.3, -0.25) is 10.1 Å². The van der Waals surface area contributed by atoms with Crippen LogP contribution in [0.3, 0.4) is 0 Å². The summed E-state index contributed by atoms with van der Waals surface area (Å²) in [5.41, 5.74) is 1.89. The third kappa shape index (κ3) is 3.88. The van der Waals surface area contributed by atoms with Gasteiger partial charge in [0.2, 0.25) is 0 Å². The van der Waals surface area contributed by atoms with Crippen LogP contribution in [-0.2, 0) is 6.54 Å². The van der Waals surface area contributed by atoms with Gasteiger partial charge < -0.3 is 9.88 Å². The number of rotatable bonds is 7. The monoisotopic (exact) mass is 288 g/mol. The van der Waals surface area contributed by atoms with Gasteiger partial charge in [0.15, 0.2) is 0 Å². The number of benzene rings is 1. The van der Waals surface area contributed by atoms with E-state index in [-0.39, 0.29) is 16.7 Å². The van der Waals surface area contributed by atoms with Crippen LogP contribution in [0.15, 0.2) is 36.9 Å². The summed E-state index contributed by atoms with van der Waals surface area (Å²) >= 11 is 0. The Labute approximate surface area is 124 Å². The normalized spacial score (nSPS) is 12.3. The summed E-state index contributed by atoms with van der Waals surface area (Å²) in [6.07, 6.45) is 6.49. The van der Waals surface area contributed by atoms with E-state index in [4.69, 9.17) is 0 Å². The Morgan fingerprint density at radius 3 is 2.95 bits per heavy atom. The molecule has 0 spiro atoms. The maximum Gasteiger partial charge on any atom is 0.272 e. The first-order valence-corrected chi connectivity index (χ1v) is 7.02. The molecule has 0 amide bonds. The van der Waals surface area contributed by atoms with Gasteiger partial charge in [-0.05, 0) is 32.4 Å². The minimum Gasteiger partial charge on any atom is -0.337 e. The maximum atomic E-state index is 11.0. The van der Waals surface area contributed by atoms with E-state index < -0.39 is 0 Å². The lowest BCUT2D eigenvalue weighted by atomic mass is 10.0. The lowest BCUT2D eigenvalue weighted by Crippen LogP contribution is -2.21. The van der Waals surface area contributed by atoms with Crippen molar-refractivity contribution < 1.29 is 4.92 Å². The van der Waals surface area contributed by atoms with Gasteiger partial charge in [-0.25, -0.2) is 4.98 Å². The highest BCUT2D eigenvalue weighted by atomic mass is 16.6. The second-order valence-corrected chi connectivity index (χ2v) is 5.08. The SMILES string of the molecule is Cc1c(C(C)NCCCn2ccnc2)cccc1[N+](=O)[O-]. The zero-order valence-electron chi connectivity index (χ0n) is 12.3.